The summed E-state index contributed by atoms with van der Waals surface area (Å²) in [6.45, 7) is 0. The number of hydrogen-bond acceptors (Lipinski definition) is 4. The van der Waals surface area contributed by atoms with Crippen molar-refractivity contribution in [1.82, 2.24) is 4.98 Å². The van der Waals surface area contributed by atoms with Crippen LogP contribution < -0.4 is 0 Å². The molecule has 0 saturated heterocycles. The van der Waals surface area contributed by atoms with E-state index in [4.69, 9.17) is 5.11 Å². The Bertz CT molecular complexity index is 802. The van der Waals surface area contributed by atoms with E-state index >= 15 is 0 Å². The van der Waals surface area contributed by atoms with Gasteiger partial charge in [0.05, 0.1) is 20.4 Å². The molecule has 3 aromatic rings. The lowest BCUT2D eigenvalue weighted by molar-refractivity contribution is -0.135. The minimum absolute atomic E-state index is 0.0324. The van der Waals surface area contributed by atoms with Gasteiger partial charge in [0.1, 0.15) is 5.01 Å². The van der Waals surface area contributed by atoms with E-state index in [2.05, 4.69) is 20.9 Å². The van der Waals surface area contributed by atoms with Crippen LogP contribution in [0, 0.1) is 0 Å². The molecular weight excluding hydrogens is 370 g/mol. The second-order valence-corrected chi connectivity index (χ2v) is 7.89. The highest BCUT2D eigenvalue weighted by molar-refractivity contribution is 9.11. The number of fused-ring (bicyclic) bond motifs is 1. The second-order valence-electron chi connectivity index (χ2n) is 4.37. The first-order chi connectivity index (χ1) is 10.1. The fourth-order valence-corrected chi connectivity index (χ4v) is 4.31. The number of rotatable bonds is 4. The van der Waals surface area contributed by atoms with Crippen molar-refractivity contribution in [2.45, 2.75) is 6.42 Å². The van der Waals surface area contributed by atoms with Gasteiger partial charge in [0.25, 0.3) is 0 Å². The molecule has 6 heteroatoms. The molecule has 1 N–H and O–H groups in total. The number of nitrogens with zero attached hydrogens (tertiary/aromatic N) is 1. The van der Waals surface area contributed by atoms with Gasteiger partial charge in [-0.3, -0.25) is 4.79 Å². The number of benzene rings is 1. The molecule has 106 valence electrons. The predicted octanol–water partition coefficient (Wildman–Crippen LogP) is 5.14. The normalized spacial score (nSPS) is 12.0. The topological polar surface area (TPSA) is 50.2 Å². The Balaban J connectivity index is 2.06. The van der Waals surface area contributed by atoms with Gasteiger partial charge >= 0.3 is 5.97 Å². The summed E-state index contributed by atoms with van der Waals surface area (Å²) in [6, 6.07) is 11.7. The van der Waals surface area contributed by atoms with Gasteiger partial charge in [-0.15, -0.1) is 22.7 Å². The van der Waals surface area contributed by atoms with E-state index in [9.17, 15) is 4.79 Å². The fourth-order valence-electron chi connectivity index (χ4n) is 1.94. The van der Waals surface area contributed by atoms with E-state index < -0.39 is 5.97 Å². The summed E-state index contributed by atoms with van der Waals surface area (Å²) in [5.41, 5.74) is 1.64. The van der Waals surface area contributed by atoms with Crippen LogP contribution >= 0.6 is 38.6 Å². The monoisotopic (exact) mass is 379 g/mol. The van der Waals surface area contributed by atoms with Crippen LogP contribution in [0.2, 0.25) is 0 Å². The Labute approximate surface area is 137 Å². The van der Waals surface area contributed by atoms with Crippen LogP contribution in [0.3, 0.4) is 0 Å². The van der Waals surface area contributed by atoms with Gasteiger partial charge in [0.15, 0.2) is 0 Å². The average molecular weight is 380 g/mol. The van der Waals surface area contributed by atoms with E-state index in [1.54, 1.807) is 11.3 Å². The maximum atomic E-state index is 11.1. The van der Waals surface area contributed by atoms with Gasteiger partial charge < -0.3 is 5.11 Å². The molecule has 0 bridgehead atoms. The summed E-state index contributed by atoms with van der Waals surface area (Å²) in [7, 11) is 0. The van der Waals surface area contributed by atoms with Gasteiger partial charge in [0.2, 0.25) is 0 Å². The molecule has 3 nitrogen and oxygen atoms in total. The van der Waals surface area contributed by atoms with Crippen molar-refractivity contribution in [2.24, 2.45) is 0 Å². The molecule has 2 heterocycles. The molecule has 0 aliphatic heterocycles. The summed E-state index contributed by atoms with van der Waals surface area (Å²) in [5.74, 6) is -0.851. The Morgan fingerprint density at radius 1 is 1.24 bits per heavy atom. The summed E-state index contributed by atoms with van der Waals surface area (Å²) in [6.07, 6.45) is 1.87. The minimum atomic E-state index is -0.851. The molecule has 3 rings (SSSR count). The van der Waals surface area contributed by atoms with Crippen LogP contribution in [0.15, 0.2) is 40.2 Å². The summed E-state index contributed by atoms with van der Waals surface area (Å²) < 4.78 is 2.09. The predicted molar refractivity (Wildman–Crippen MR) is 91.8 cm³/mol. The molecule has 0 saturated carbocycles. The van der Waals surface area contributed by atoms with E-state index in [1.165, 1.54) is 11.3 Å². The molecule has 2 aromatic heterocycles. The lowest BCUT2D eigenvalue weighted by Gasteiger charge is -1.99. The highest BCUT2D eigenvalue weighted by Crippen LogP contribution is 2.32. The first kappa shape index (κ1) is 14.4. The number of halogens is 1. The summed E-state index contributed by atoms with van der Waals surface area (Å²) in [4.78, 5) is 16.7. The average Bonchev–Trinajstić information content (AvgIpc) is 3.03. The Kier molecular flexibility index (Phi) is 4.19. The van der Waals surface area contributed by atoms with Crippen molar-refractivity contribution in [3.05, 3.63) is 50.1 Å². The Morgan fingerprint density at radius 3 is 2.71 bits per heavy atom. The molecule has 0 spiro atoms. The second kappa shape index (κ2) is 6.09. The molecule has 0 aliphatic rings. The van der Waals surface area contributed by atoms with Gasteiger partial charge in [0, 0.05) is 10.5 Å². The maximum Gasteiger partial charge on any atom is 0.307 e. The third-order valence-electron chi connectivity index (χ3n) is 2.82. The Morgan fingerprint density at radius 2 is 2.05 bits per heavy atom. The molecular formula is C15H10BrNO2S2. The lowest BCUT2D eigenvalue weighted by atomic mass is 10.1. The van der Waals surface area contributed by atoms with Crippen molar-refractivity contribution in [2.75, 3.05) is 0 Å². The zero-order chi connectivity index (χ0) is 14.8. The molecule has 0 radical (unpaired) electrons. The minimum Gasteiger partial charge on any atom is -0.481 e. The van der Waals surface area contributed by atoms with Crippen LogP contribution in [0.5, 0.6) is 0 Å². The van der Waals surface area contributed by atoms with Gasteiger partial charge in [-0.2, -0.15) is 0 Å². The smallest absolute Gasteiger partial charge is 0.307 e. The molecule has 0 atom stereocenters. The zero-order valence-corrected chi connectivity index (χ0v) is 14.0. The van der Waals surface area contributed by atoms with Crippen LogP contribution in [0.25, 0.3) is 21.9 Å². The first-order valence-corrected chi connectivity index (χ1v) is 8.58. The highest BCUT2D eigenvalue weighted by atomic mass is 79.9. The van der Waals surface area contributed by atoms with E-state index in [0.717, 1.165) is 29.5 Å². The van der Waals surface area contributed by atoms with E-state index in [-0.39, 0.29) is 6.42 Å². The highest BCUT2D eigenvalue weighted by Gasteiger charge is 2.13. The fraction of sp³-hybridized carbons (Fsp3) is 0.0667. The van der Waals surface area contributed by atoms with Gasteiger partial charge in [-0.25, -0.2) is 4.98 Å². The quantitative estimate of drug-likeness (QED) is 0.682. The SMILES string of the molecule is O=C(O)C/C(=C/c1ccc(Br)s1)c1nc2ccccc2s1. The number of aliphatic carboxylic acids is 1. The maximum absolute atomic E-state index is 11.1. The van der Waals surface area contributed by atoms with Crippen LogP contribution in [0.1, 0.15) is 16.3 Å². The number of carbonyl (C=O) groups is 1. The van der Waals surface area contributed by atoms with Gasteiger partial charge in [-0.1, -0.05) is 12.1 Å². The van der Waals surface area contributed by atoms with Crippen LogP contribution in [0.4, 0.5) is 0 Å². The first-order valence-electron chi connectivity index (χ1n) is 6.15. The van der Waals surface area contributed by atoms with Crippen molar-refractivity contribution in [3.8, 4) is 0 Å². The summed E-state index contributed by atoms with van der Waals surface area (Å²) in [5, 5.41) is 9.90. The van der Waals surface area contributed by atoms with E-state index in [0.29, 0.717) is 0 Å². The van der Waals surface area contributed by atoms with Gasteiger partial charge in [-0.05, 0) is 46.3 Å². The number of thiophene rings is 1. The molecule has 0 aliphatic carbocycles. The number of carboxylic acids is 1. The number of aromatic nitrogens is 1. The molecule has 1 aromatic carbocycles. The largest absolute Gasteiger partial charge is 0.481 e. The number of hydrogen-bond donors (Lipinski definition) is 1. The van der Waals surface area contributed by atoms with Crippen LogP contribution in [-0.4, -0.2) is 16.1 Å². The number of carboxylic acid groups (broad SMARTS) is 1. The molecule has 0 amide bonds. The third-order valence-corrected chi connectivity index (χ3v) is 5.50. The van der Waals surface area contributed by atoms with Crippen LogP contribution in [-0.2, 0) is 4.79 Å². The zero-order valence-electron chi connectivity index (χ0n) is 10.7. The Hall–Kier alpha value is -1.50. The number of para-hydroxylation sites is 1. The third kappa shape index (κ3) is 3.40. The number of thiazole rings is 1. The molecule has 0 fully saturated rings. The summed E-state index contributed by atoms with van der Waals surface area (Å²) >= 11 is 6.51. The van der Waals surface area contributed by atoms with E-state index in [1.807, 2.05) is 42.5 Å². The van der Waals surface area contributed by atoms with Crippen molar-refractivity contribution >= 4 is 66.4 Å². The van der Waals surface area contributed by atoms with Crippen molar-refractivity contribution in [1.29, 1.82) is 0 Å². The lowest BCUT2D eigenvalue weighted by Crippen LogP contribution is -1.96. The van der Waals surface area contributed by atoms with Crippen molar-refractivity contribution in [3.63, 3.8) is 0 Å². The standard InChI is InChI=1S/C15H10BrNO2S2/c16-13-6-5-10(20-13)7-9(8-14(18)19)15-17-11-3-1-2-4-12(11)21-15/h1-7H,8H2,(H,18,19)/b9-7-. The van der Waals surface area contributed by atoms with Crippen molar-refractivity contribution < 1.29 is 9.90 Å². The molecule has 21 heavy (non-hydrogen) atoms. The molecule has 0 unspecified atom stereocenters.